The number of rotatable bonds is 8. The molecule has 118 valence electrons. The quantitative estimate of drug-likeness (QED) is 0.740. The topological polar surface area (TPSA) is 87.7 Å². The van der Waals surface area contributed by atoms with Crippen molar-refractivity contribution in [2.24, 2.45) is 0 Å². The molecule has 2 N–H and O–H groups in total. The maximum Gasteiger partial charge on any atom is 0.319 e. The Morgan fingerprint density at radius 2 is 1.90 bits per heavy atom. The standard InChI is InChI=1S/C13H21N3O4S/c1-20-11-10-16(21(2,18)19)9-8-14-13(17)15-12-6-4-3-5-7-12/h3-7H,8-11H2,1-2H3,(H2,14,15,17). The van der Waals surface area contributed by atoms with E-state index in [9.17, 15) is 13.2 Å². The molecule has 1 aromatic carbocycles. The van der Waals surface area contributed by atoms with Gasteiger partial charge in [0.1, 0.15) is 0 Å². The highest BCUT2D eigenvalue weighted by Gasteiger charge is 2.15. The molecule has 0 spiro atoms. The lowest BCUT2D eigenvalue weighted by molar-refractivity contribution is 0.179. The molecule has 0 aliphatic heterocycles. The van der Waals surface area contributed by atoms with Gasteiger partial charge >= 0.3 is 6.03 Å². The van der Waals surface area contributed by atoms with Crippen molar-refractivity contribution in [1.29, 1.82) is 0 Å². The molecule has 0 aliphatic carbocycles. The number of nitrogens with zero attached hydrogens (tertiary/aromatic N) is 1. The Labute approximate surface area is 125 Å². The van der Waals surface area contributed by atoms with Crippen LogP contribution >= 0.6 is 0 Å². The van der Waals surface area contributed by atoms with Gasteiger partial charge in [-0.15, -0.1) is 0 Å². The maximum atomic E-state index is 11.6. The fraction of sp³-hybridized carbons (Fsp3) is 0.462. The summed E-state index contributed by atoms with van der Waals surface area (Å²) < 4.78 is 29.2. The Bertz CT molecular complexity index is 534. The van der Waals surface area contributed by atoms with E-state index in [2.05, 4.69) is 10.6 Å². The van der Waals surface area contributed by atoms with Crippen molar-refractivity contribution in [2.75, 3.05) is 44.9 Å². The molecule has 0 saturated heterocycles. The van der Waals surface area contributed by atoms with E-state index in [1.165, 1.54) is 11.4 Å². The zero-order valence-electron chi connectivity index (χ0n) is 12.2. The molecule has 7 nitrogen and oxygen atoms in total. The van der Waals surface area contributed by atoms with Gasteiger partial charge in [0.15, 0.2) is 0 Å². The molecular formula is C13H21N3O4S. The van der Waals surface area contributed by atoms with Gasteiger partial charge in [0, 0.05) is 32.4 Å². The molecule has 1 rings (SSSR count). The van der Waals surface area contributed by atoms with Crippen LogP contribution in [0.1, 0.15) is 0 Å². The van der Waals surface area contributed by atoms with Gasteiger partial charge in [0.25, 0.3) is 0 Å². The van der Waals surface area contributed by atoms with Crippen LogP contribution in [0, 0.1) is 0 Å². The number of urea groups is 1. The number of methoxy groups -OCH3 is 1. The third-order valence-corrected chi connectivity index (χ3v) is 4.00. The Hall–Kier alpha value is -1.64. The molecule has 8 heteroatoms. The average molecular weight is 315 g/mol. The second-order valence-corrected chi connectivity index (χ2v) is 6.38. The zero-order chi connectivity index (χ0) is 15.7. The Kier molecular flexibility index (Phi) is 7.13. The number of carbonyl (C=O) groups is 1. The van der Waals surface area contributed by atoms with Crippen LogP contribution in [0.3, 0.4) is 0 Å². The minimum Gasteiger partial charge on any atom is -0.383 e. The van der Waals surface area contributed by atoms with Gasteiger partial charge in [-0.2, -0.15) is 4.31 Å². The lowest BCUT2D eigenvalue weighted by atomic mass is 10.3. The molecule has 0 radical (unpaired) electrons. The molecule has 2 amide bonds. The van der Waals surface area contributed by atoms with Gasteiger partial charge in [-0.1, -0.05) is 18.2 Å². The molecule has 0 aromatic heterocycles. The number of para-hydroxylation sites is 1. The summed E-state index contributed by atoms with van der Waals surface area (Å²) in [5.41, 5.74) is 0.675. The smallest absolute Gasteiger partial charge is 0.319 e. The fourth-order valence-corrected chi connectivity index (χ4v) is 2.46. The summed E-state index contributed by atoms with van der Waals surface area (Å²) in [6.07, 6.45) is 1.13. The SMILES string of the molecule is COCCN(CCNC(=O)Nc1ccccc1)S(C)(=O)=O. The van der Waals surface area contributed by atoms with Crippen molar-refractivity contribution in [1.82, 2.24) is 9.62 Å². The molecular weight excluding hydrogens is 294 g/mol. The van der Waals surface area contributed by atoms with E-state index in [-0.39, 0.29) is 25.7 Å². The summed E-state index contributed by atoms with van der Waals surface area (Å²) in [4.78, 5) is 11.6. The highest BCUT2D eigenvalue weighted by Crippen LogP contribution is 2.04. The number of hydrogen-bond acceptors (Lipinski definition) is 4. The fourth-order valence-electron chi connectivity index (χ4n) is 1.63. The van der Waals surface area contributed by atoms with E-state index in [1.807, 2.05) is 18.2 Å². The molecule has 21 heavy (non-hydrogen) atoms. The lowest BCUT2D eigenvalue weighted by Crippen LogP contribution is -2.40. The first-order chi connectivity index (χ1) is 9.93. The van der Waals surface area contributed by atoms with Crippen molar-refractivity contribution in [3.63, 3.8) is 0 Å². The van der Waals surface area contributed by atoms with E-state index in [0.29, 0.717) is 12.3 Å². The molecule has 0 fully saturated rings. The predicted octanol–water partition coefficient (Wildman–Crippen LogP) is 0.716. The summed E-state index contributed by atoms with van der Waals surface area (Å²) in [6, 6.07) is 8.63. The molecule has 0 aliphatic rings. The van der Waals surface area contributed by atoms with Crippen molar-refractivity contribution in [2.45, 2.75) is 0 Å². The Morgan fingerprint density at radius 1 is 1.24 bits per heavy atom. The van der Waals surface area contributed by atoms with Crippen LogP contribution in [0.25, 0.3) is 0 Å². The summed E-state index contributed by atoms with van der Waals surface area (Å²) in [5, 5.41) is 5.27. The zero-order valence-corrected chi connectivity index (χ0v) is 13.0. The highest BCUT2D eigenvalue weighted by atomic mass is 32.2. The first kappa shape index (κ1) is 17.4. The highest BCUT2D eigenvalue weighted by molar-refractivity contribution is 7.88. The third-order valence-electron chi connectivity index (χ3n) is 2.69. The number of amides is 2. The van der Waals surface area contributed by atoms with Crippen LogP contribution in [0.15, 0.2) is 30.3 Å². The molecule has 0 saturated carbocycles. The lowest BCUT2D eigenvalue weighted by Gasteiger charge is -2.19. The first-order valence-corrected chi connectivity index (χ1v) is 8.32. The van der Waals surface area contributed by atoms with Crippen LogP contribution in [0.5, 0.6) is 0 Å². The van der Waals surface area contributed by atoms with E-state index < -0.39 is 10.0 Å². The van der Waals surface area contributed by atoms with Crippen molar-refractivity contribution in [3.8, 4) is 0 Å². The molecule has 0 unspecified atom stereocenters. The van der Waals surface area contributed by atoms with Gasteiger partial charge in [-0.3, -0.25) is 0 Å². The van der Waals surface area contributed by atoms with Crippen molar-refractivity contribution >= 4 is 21.7 Å². The number of anilines is 1. The van der Waals surface area contributed by atoms with Crippen LogP contribution in [-0.2, 0) is 14.8 Å². The minimum absolute atomic E-state index is 0.199. The molecule has 0 bridgehead atoms. The monoisotopic (exact) mass is 315 g/mol. The second kappa shape index (κ2) is 8.60. The summed E-state index contributed by atoms with van der Waals surface area (Å²) in [7, 11) is -1.81. The normalized spacial score (nSPS) is 11.4. The minimum atomic E-state index is -3.31. The van der Waals surface area contributed by atoms with Gasteiger partial charge in [0.2, 0.25) is 10.0 Å². The van der Waals surface area contributed by atoms with E-state index in [0.717, 1.165) is 6.26 Å². The molecule has 0 heterocycles. The number of nitrogens with one attached hydrogen (secondary N) is 2. The van der Waals surface area contributed by atoms with E-state index in [4.69, 9.17) is 4.74 Å². The molecule has 0 atom stereocenters. The number of ether oxygens (including phenoxy) is 1. The number of benzene rings is 1. The summed E-state index contributed by atoms with van der Waals surface area (Å²) >= 11 is 0. The Morgan fingerprint density at radius 3 is 2.48 bits per heavy atom. The summed E-state index contributed by atoms with van der Waals surface area (Å²) in [5.74, 6) is 0. The van der Waals surface area contributed by atoms with Gasteiger partial charge in [0.05, 0.1) is 12.9 Å². The maximum absolute atomic E-state index is 11.6. The van der Waals surface area contributed by atoms with Crippen LogP contribution in [0.2, 0.25) is 0 Å². The Balaban J connectivity index is 2.38. The first-order valence-electron chi connectivity index (χ1n) is 6.47. The number of hydrogen-bond donors (Lipinski definition) is 2. The third kappa shape index (κ3) is 7.07. The number of carbonyl (C=O) groups excluding carboxylic acids is 1. The second-order valence-electron chi connectivity index (χ2n) is 4.40. The van der Waals surface area contributed by atoms with Crippen LogP contribution in [-0.4, -0.2) is 58.4 Å². The van der Waals surface area contributed by atoms with Gasteiger partial charge < -0.3 is 15.4 Å². The average Bonchev–Trinajstić information content (AvgIpc) is 2.42. The van der Waals surface area contributed by atoms with Gasteiger partial charge in [-0.05, 0) is 12.1 Å². The molecule has 1 aromatic rings. The van der Waals surface area contributed by atoms with E-state index in [1.54, 1.807) is 12.1 Å². The van der Waals surface area contributed by atoms with Crippen LogP contribution in [0.4, 0.5) is 10.5 Å². The largest absolute Gasteiger partial charge is 0.383 e. The van der Waals surface area contributed by atoms with Crippen LogP contribution < -0.4 is 10.6 Å². The van der Waals surface area contributed by atoms with Crippen molar-refractivity contribution < 1.29 is 17.9 Å². The summed E-state index contributed by atoms with van der Waals surface area (Å²) in [6.45, 7) is 0.987. The van der Waals surface area contributed by atoms with Crippen molar-refractivity contribution in [3.05, 3.63) is 30.3 Å². The predicted molar refractivity (Wildman–Crippen MR) is 81.8 cm³/mol. The van der Waals surface area contributed by atoms with E-state index >= 15 is 0 Å². The number of sulfonamides is 1. The van der Waals surface area contributed by atoms with Gasteiger partial charge in [-0.25, -0.2) is 13.2 Å².